The van der Waals surface area contributed by atoms with Gasteiger partial charge in [-0.15, -0.1) is 0 Å². The minimum Gasteiger partial charge on any atom is -0.478 e. The molecular formula is C23H27O6P. The molecule has 3 aromatic carbocycles. The van der Waals surface area contributed by atoms with Crippen LogP contribution in [0.3, 0.4) is 0 Å². The van der Waals surface area contributed by atoms with Crippen LogP contribution in [0.5, 0.6) is 11.5 Å². The Morgan fingerprint density at radius 2 is 1.23 bits per heavy atom. The van der Waals surface area contributed by atoms with Crippen LogP contribution in [0.4, 0.5) is 0 Å². The van der Waals surface area contributed by atoms with Gasteiger partial charge >= 0.3 is 5.97 Å². The SMILES string of the molecule is CCC(O)CO.O=C(O)c1ccccc1.c1ccc(OPOc2ccccc2)cc1. The van der Waals surface area contributed by atoms with Crippen LogP contribution in [0.25, 0.3) is 0 Å². The summed E-state index contributed by atoms with van der Waals surface area (Å²) in [6.45, 7) is 1.71. The zero-order valence-electron chi connectivity index (χ0n) is 16.7. The molecule has 0 saturated carbocycles. The summed E-state index contributed by atoms with van der Waals surface area (Å²) in [6, 6.07) is 27.5. The fourth-order valence-electron chi connectivity index (χ4n) is 1.80. The Kier molecular flexibility index (Phi) is 13.3. The number of carboxylic acid groups (broad SMARTS) is 1. The fraction of sp³-hybridized carbons (Fsp3) is 0.174. The molecule has 0 saturated heterocycles. The maximum absolute atomic E-state index is 10.2. The zero-order valence-corrected chi connectivity index (χ0v) is 17.7. The van der Waals surface area contributed by atoms with Crippen LogP contribution >= 0.6 is 9.03 Å². The Labute approximate surface area is 178 Å². The molecule has 3 rings (SSSR count). The number of benzene rings is 3. The molecule has 7 heteroatoms. The number of aliphatic hydroxyl groups is 2. The summed E-state index contributed by atoms with van der Waals surface area (Å²) in [5.74, 6) is 0.772. The largest absolute Gasteiger partial charge is 0.478 e. The molecule has 0 aliphatic rings. The number of aliphatic hydroxyl groups excluding tert-OH is 2. The van der Waals surface area contributed by atoms with Gasteiger partial charge < -0.3 is 24.4 Å². The molecule has 0 aliphatic carbocycles. The first kappa shape index (κ1) is 25.1. The van der Waals surface area contributed by atoms with E-state index in [1.807, 2.05) is 67.6 Å². The van der Waals surface area contributed by atoms with Crippen LogP contribution in [0.15, 0.2) is 91.0 Å². The average molecular weight is 430 g/mol. The van der Waals surface area contributed by atoms with Crippen molar-refractivity contribution in [3.63, 3.8) is 0 Å². The molecule has 160 valence electrons. The molecule has 0 aromatic heterocycles. The average Bonchev–Trinajstić information content (AvgIpc) is 2.81. The highest BCUT2D eigenvalue weighted by molar-refractivity contribution is 7.27. The topological polar surface area (TPSA) is 96.2 Å². The summed E-state index contributed by atoms with van der Waals surface area (Å²) in [5, 5.41) is 24.9. The van der Waals surface area contributed by atoms with Gasteiger partial charge in [-0.05, 0) is 42.8 Å². The van der Waals surface area contributed by atoms with Crippen LogP contribution in [0.1, 0.15) is 23.7 Å². The lowest BCUT2D eigenvalue weighted by molar-refractivity contribution is 0.0697. The van der Waals surface area contributed by atoms with Gasteiger partial charge in [0.2, 0.25) is 0 Å². The van der Waals surface area contributed by atoms with Gasteiger partial charge in [-0.1, -0.05) is 61.5 Å². The molecule has 0 aliphatic heterocycles. The highest BCUT2D eigenvalue weighted by Gasteiger charge is 1.97. The van der Waals surface area contributed by atoms with Crippen molar-refractivity contribution < 1.29 is 29.2 Å². The van der Waals surface area contributed by atoms with Gasteiger partial charge in [-0.25, -0.2) is 4.79 Å². The number of hydrogen-bond donors (Lipinski definition) is 3. The fourth-order valence-corrected chi connectivity index (χ4v) is 2.31. The van der Waals surface area contributed by atoms with Crippen LogP contribution in [-0.4, -0.2) is 34.0 Å². The van der Waals surface area contributed by atoms with E-state index in [1.54, 1.807) is 30.3 Å². The summed E-state index contributed by atoms with van der Waals surface area (Å²) in [7, 11) is -0.0129. The second kappa shape index (κ2) is 15.9. The van der Waals surface area contributed by atoms with Gasteiger partial charge in [0.15, 0.2) is 0 Å². The van der Waals surface area contributed by atoms with E-state index in [-0.39, 0.29) is 15.6 Å². The van der Waals surface area contributed by atoms with Crippen LogP contribution in [-0.2, 0) is 0 Å². The van der Waals surface area contributed by atoms with E-state index in [0.717, 1.165) is 11.5 Å². The lowest BCUT2D eigenvalue weighted by Gasteiger charge is -2.06. The highest BCUT2D eigenvalue weighted by Crippen LogP contribution is 2.23. The third-order valence-electron chi connectivity index (χ3n) is 3.51. The summed E-state index contributed by atoms with van der Waals surface area (Å²) < 4.78 is 10.8. The summed E-state index contributed by atoms with van der Waals surface area (Å²) in [6.07, 6.45) is 0.126. The molecule has 1 unspecified atom stereocenters. The van der Waals surface area contributed by atoms with Crippen molar-refractivity contribution in [2.45, 2.75) is 19.4 Å². The quantitative estimate of drug-likeness (QED) is 0.467. The molecule has 0 heterocycles. The van der Waals surface area contributed by atoms with E-state index in [0.29, 0.717) is 12.0 Å². The molecule has 0 bridgehead atoms. The van der Waals surface area contributed by atoms with E-state index >= 15 is 0 Å². The minimum atomic E-state index is -0.879. The maximum Gasteiger partial charge on any atom is 0.335 e. The standard InChI is InChI=1S/C12H11O2P.C7H6O2.C4H10O2/c1-3-7-11(8-4-1)13-15-14-12-9-5-2-6-10-12;8-7(9)6-4-2-1-3-5-6;1-2-4(6)3-5/h1-10,15H;1-5H,(H,8,9);4-6H,2-3H2,1H3. The Hall–Kier alpha value is -2.92. The number of carbonyl (C=O) groups is 1. The normalized spacial score (nSPS) is 10.4. The minimum absolute atomic E-state index is 0.0129. The van der Waals surface area contributed by atoms with Gasteiger partial charge in [0.05, 0.1) is 18.3 Å². The molecule has 0 spiro atoms. The Morgan fingerprint density at radius 1 is 0.833 bits per heavy atom. The Balaban J connectivity index is 0.000000256. The van der Waals surface area contributed by atoms with Crippen LogP contribution in [0, 0.1) is 0 Å². The highest BCUT2D eigenvalue weighted by atomic mass is 31.1. The number of hydrogen-bond acceptors (Lipinski definition) is 5. The van der Waals surface area contributed by atoms with E-state index in [4.69, 9.17) is 24.4 Å². The molecule has 0 fully saturated rings. The Bertz CT molecular complexity index is 756. The molecule has 30 heavy (non-hydrogen) atoms. The number of para-hydroxylation sites is 2. The van der Waals surface area contributed by atoms with Gasteiger partial charge in [0, 0.05) is 0 Å². The van der Waals surface area contributed by atoms with Crippen molar-refractivity contribution in [3.05, 3.63) is 96.6 Å². The molecule has 3 N–H and O–H groups in total. The number of rotatable bonds is 7. The van der Waals surface area contributed by atoms with Crippen molar-refractivity contribution in [2.24, 2.45) is 0 Å². The predicted octanol–water partition coefficient (Wildman–Crippen LogP) is 4.79. The van der Waals surface area contributed by atoms with Crippen molar-refractivity contribution in [3.8, 4) is 11.5 Å². The first-order valence-corrected chi connectivity index (χ1v) is 10.1. The van der Waals surface area contributed by atoms with E-state index in [1.165, 1.54) is 0 Å². The third kappa shape index (κ3) is 11.8. The van der Waals surface area contributed by atoms with Crippen molar-refractivity contribution in [2.75, 3.05) is 6.61 Å². The lowest BCUT2D eigenvalue weighted by atomic mass is 10.2. The molecule has 0 amide bonds. The Morgan fingerprint density at radius 3 is 1.50 bits per heavy atom. The van der Waals surface area contributed by atoms with Crippen LogP contribution < -0.4 is 9.05 Å². The monoisotopic (exact) mass is 430 g/mol. The van der Waals surface area contributed by atoms with Crippen LogP contribution in [0.2, 0.25) is 0 Å². The first-order valence-electron chi connectivity index (χ1n) is 9.32. The van der Waals surface area contributed by atoms with Crippen molar-refractivity contribution in [1.29, 1.82) is 0 Å². The number of carboxylic acids is 1. The van der Waals surface area contributed by atoms with E-state index in [9.17, 15) is 4.79 Å². The van der Waals surface area contributed by atoms with E-state index < -0.39 is 12.1 Å². The molecule has 3 aromatic rings. The predicted molar refractivity (Wildman–Crippen MR) is 119 cm³/mol. The van der Waals surface area contributed by atoms with Gasteiger partial charge in [0.1, 0.15) is 11.5 Å². The lowest BCUT2D eigenvalue weighted by Crippen LogP contribution is -2.08. The van der Waals surface area contributed by atoms with Gasteiger partial charge in [0.25, 0.3) is 9.03 Å². The maximum atomic E-state index is 10.2. The second-order valence-electron chi connectivity index (χ2n) is 5.83. The molecule has 6 nitrogen and oxygen atoms in total. The van der Waals surface area contributed by atoms with E-state index in [2.05, 4.69) is 0 Å². The van der Waals surface area contributed by atoms with Crippen molar-refractivity contribution in [1.82, 2.24) is 0 Å². The van der Waals surface area contributed by atoms with Gasteiger partial charge in [-0.3, -0.25) is 0 Å². The summed E-state index contributed by atoms with van der Waals surface area (Å²) in [5.41, 5.74) is 0.331. The smallest absolute Gasteiger partial charge is 0.335 e. The summed E-state index contributed by atoms with van der Waals surface area (Å²) >= 11 is 0. The zero-order chi connectivity index (χ0) is 22.0. The molecular weight excluding hydrogens is 403 g/mol. The van der Waals surface area contributed by atoms with Gasteiger partial charge in [-0.2, -0.15) is 0 Å². The third-order valence-corrected chi connectivity index (χ3v) is 4.15. The first-order chi connectivity index (χ1) is 14.6. The number of aromatic carboxylic acids is 1. The van der Waals surface area contributed by atoms with Crippen molar-refractivity contribution >= 4 is 15.0 Å². The molecule has 1 atom stereocenters. The molecule has 0 radical (unpaired) electrons. The second-order valence-corrected chi connectivity index (χ2v) is 6.40. The summed E-state index contributed by atoms with van der Waals surface area (Å²) in [4.78, 5) is 10.2.